The third-order valence-electron chi connectivity index (χ3n) is 9.64. The summed E-state index contributed by atoms with van der Waals surface area (Å²) in [4.78, 5) is 31.6. The molecule has 4 aromatic carbocycles. The largest absolute Gasteiger partial charge is 0.489 e. The van der Waals surface area contributed by atoms with E-state index in [0.717, 1.165) is 54.3 Å². The Bertz CT molecular complexity index is 1960. The molecule has 0 spiro atoms. The van der Waals surface area contributed by atoms with Crippen LogP contribution in [0, 0.1) is 5.82 Å². The van der Waals surface area contributed by atoms with Crippen molar-refractivity contribution in [2.24, 2.45) is 0 Å². The molecule has 0 unspecified atom stereocenters. The highest BCUT2D eigenvalue weighted by Gasteiger charge is 2.26. The maximum absolute atomic E-state index is 16.0. The smallest absolute Gasteiger partial charge is 0.335 e. The van der Waals surface area contributed by atoms with Crippen LogP contribution in [-0.2, 0) is 6.61 Å². The minimum absolute atomic E-state index is 0.0884. The van der Waals surface area contributed by atoms with Gasteiger partial charge in [-0.05, 0) is 84.8 Å². The van der Waals surface area contributed by atoms with Crippen molar-refractivity contribution in [3.05, 3.63) is 107 Å². The van der Waals surface area contributed by atoms with Gasteiger partial charge in [-0.1, -0.05) is 55.7 Å². The summed E-state index contributed by atoms with van der Waals surface area (Å²) in [6.07, 6.45) is 5.96. The lowest BCUT2D eigenvalue weighted by atomic mass is 9.94. The molecule has 0 radical (unpaired) electrons. The van der Waals surface area contributed by atoms with Crippen molar-refractivity contribution in [3.63, 3.8) is 0 Å². The highest BCUT2D eigenvalue weighted by Crippen LogP contribution is 2.38. The lowest BCUT2D eigenvalue weighted by Gasteiger charge is -2.29. The number of nitrogens with zero attached hydrogens (tertiary/aromatic N) is 3. The maximum Gasteiger partial charge on any atom is 0.335 e. The van der Waals surface area contributed by atoms with Gasteiger partial charge in [0.1, 0.15) is 24.0 Å². The molecule has 1 aromatic heterocycles. The molecule has 7 rings (SSSR count). The highest BCUT2D eigenvalue weighted by molar-refractivity contribution is 5.95. The SMILES string of the molecule is O=C(O)c1ccc2c(c1)nc(-c1ccc(OCc3cc(C(=O)N4CCC(O)CC4)ccc3-c3ccccc3)cc1F)n2C1CCCCC1. The fourth-order valence-electron chi connectivity index (χ4n) is 7.06. The zero-order valence-corrected chi connectivity index (χ0v) is 26.6. The number of hydrogen-bond donors (Lipinski definition) is 2. The fraction of sp³-hybridized carbons (Fsp3) is 0.308. The number of amides is 1. The first-order valence-corrected chi connectivity index (χ1v) is 16.7. The number of rotatable bonds is 8. The first-order chi connectivity index (χ1) is 23.4. The van der Waals surface area contributed by atoms with Crippen molar-refractivity contribution >= 4 is 22.9 Å². The average molecular weight is 648 g/mol. The number of halogens is 1. The zero-order chi connectivity index (χ0) is 33.2. The molecule has 1 saturated heterocycles. The number of piperidine rings is 1. The molecule has 2 fully saturated rings. The van der Waals surface area contributed by atoms with Crippen molar-refractivity contribution in [1.29, 1.82) is 0 Å². The van der Waals surface area contributed by atoms with Gasteiger partial charge >= 0.3 is 5.97 Å². The second-order valence-electron chi connectivity index (χ2n) is 12.8. The maximum atomic E-state index is 16.0. The van der Waals surface area contributed by atoms with Crippen LogP contribution in [0.1, 0.15) is 77.3 Å². The number of imidazole rings is 1. The molecule has 1 aliphatic carbocycles. The number of ether oxygens (including phenoxy) is 1. The molecule has 1 aliphatic heterocycles. The predicted octanol–water partition coefficient (Wildman–Crippen LogP) is 7.89. The standard InChI is InChI=1S/C39H38FN3O5/c40-34-23-31(13-15-33(34)37-41-35-22-27(39(46)47)12-16-36(35)43(37)29-9-5-2-6-10-29)48-24-28-21-26(38(45)42-19-17-30(44)18-20-42)11-14-32(28)25-7-3-1-4-8-25/h1,3-4,7-8,11-16,21-23,29-30,44H,2,5-6,9-10,17-20,24H2,(H,46,47). The molecule has 8 nitrogen and oxygen atoms in total. The van der Waals surface area contributed by atoms with Gasteiger partial charge in [0, 0.05) is 30.8 Å². The van der Waals surface area contributed by atoms with E-state index in [4.69, 9.17) is 9.72 Å². The number of benzene rings is 4. The summed E-state index contributed by atoms with van der Waals surface area (Å²) in [6, 6.07) is 25.2. The van der Waals surface area contributed by atoms with Crippen LogP contribution in [0.5, 0.6) is 5.75 Å². The summed E-state index contributed by atoms with van der Waals surface area (Å²) in [5.41, 5.74) is 5.02. The average Bonchev–Trinajstić information content (AvgIpc) is 3.50. The second-order valence-corrected chi connectivity index (χ2v) is 12.8. The van der Waals surface area contributed by atoms with Crippen LogP contribution < -0.4 is 4.74 Å². The lowest BCUT2D eigenvalue weighted by Crippen LogP contribution is -2.40. The summed E-state index contributed by atoms with van der Waals surface area (Å²) in [5, 5.41) is 19.4. The third-order valence-corrected chi connectivity index (χ3v) is 9.64. The molecule has 1 saturated carbocycles. The van der Waals surface area contributed by atoms with Crippen molar-refractivity contribution < 1.29 is 28.9 Å². The van der Waals surface area contributed by atoms with E-state index in [1.54, 1.807) is 35.2 Å². The Balaban J connectivity index is 1.18. The number of carbonyl (C=O) groups excluding carboxylic acids is 1. The fourth-order valence-corrected chi connectivity index (χ4v) is 7.06. The monoisotopic (exact) mass is 647 g/mol. The molecule has 9 heteroatoms. The van der Waals surface area contributed by atoms with E-state index in [1.807, 2.05) is 48.5 Å². The van der Waals surface area contributed by atoms with Crippen molar-refractivity contribution in [3.8, 4) is 28.3 Å². The van der Waals surface area contributed by atoms with E-state index < -0.39 is 11.8 Å². The number of aromatic carboxylic acids is 1. The summed E-state index contributed by atoms with van der Waals surface area (Å²) >= 11 is 0. The van der Waals surface area contributed by atoms with Crippen LogP contribution in [0.3, 0.4) is 0 Å². The number of aliphatic hydroxyl groups is 1. The number of aromatic nitrogens is 2. The van der Waals surface area contributed by atoms with E-state index >= 15 is 4.39 Å². The highest BCUT2D eigenvalue weighted by atomic mass is 19.1. The number of likely N-dealkylation sites (tertiary alicyclic amines) is 1. The number of carboxylic acids is 1. The summed E-state index contributed by atoms with van der Waals surface area (Å²) < 4.78 is 24.3. The summed E-state index contributed by atoms with van der Waals surface area (Å²) in [5.74, 6) is -0.792. The Hall–Kier alpha value is -5.02. The Morgan fingerprint density at radius 3 is 2.29 bits per heavy atom. The van der Waals surface area contributed by atoms with Gasteiger partial charge in [-0.3, -0.25) is 4.79 Å². The summed E-state index contributed by atoms with van der Waals surface area (Å²) in [7, 11) is 0. The van der Waals surface area contributed by atoms with E-state index in [1.165, 1.54) is 6.07 Å². The van der Waals surface area contributed by atoms with Gasteiger partial charge in [0.15, 0.2) is 0 Å². The van der Waals surface area contributed by atoms with E-state index in [-0.39, 0.29) is 30.2 Å². The molecule has 2 aliphatic rings. The minimum Gasteiger partial charge on any atom is -0.489 e. The van der Waals surface area contributed by atoms with Crippen molar-refractivity contribution in [2.45, 2.75) is 63.7 Å². The van der Waals surface area contributed by atoms with Gasteiger partial charge in [0.05, 0.1) is 28.3 Å². The normalized spacial score (nSPS) is 15.9. The van der Waals surface area contributed by atoms with Gasteiger partial charge in [0.2, 0.25) is 0 Å². The van der Waals surface area contributed by atoms with Crippen molar-refractivity contribution in [1.82, 2.24) is 14.5 Å². The first kappa shape index (κ1) is 31.6. The van der Waals surface area contributed by atoms with Gasteiger partial charge in [0.25, 0.3) is 5.91 Å². The molecule has 0 atom stereocenters. The molecular weight excluding hydrogens is 609 g/mol. The number of hydrogen-bond acceptors (Lipinski definition) is 5. The zero-order valence-electron chi connectivity index (χ0n) is 26.6. The van der Waals surface area contributed by atoms with Crippen LogP contribution in [-0.4, -0.2) is 55.7 Å². The molecule has 246 valence electrons. The van der Waals surface area contributed by atoms with Crippen LogP contribution >= 0.6 is 0 Å². The molecule has 1 amide bonds. The minimum atomic E-state index is -1.03. The number of fused-ring (bicyclic) bond motifs is 1. The van der Waals surface area contributed by atoms with Crippen LogP contribution in [0.4, 0.5) is 4.39 Å². The van der Waals surface area contributed by atoms with Crippen LogP contribution in [0.25, 0.3) is 33.5 Å². The second kappa shape index (κ2) is 13.6. The van der Waals surface area contributed by atoms with Gasteiger partial charge < -0.3 is 24.4 Å². The Kier molecular flexibility index (Phi) is 8.95. The molecular formula is C39H38FN3O5. The molecule has 48 heavy (non-hydrogen) atoms. The summed E-state index contributed by atoms with van der Waals surface area (Å²) in [6.45, 7) is 1.13. The van der Waals surface area contributed by atoms with Gasteiger partial charge in [-0.15, -0.1) is 0 Å². The van der Waals surface area contributed by atoms with Crippen molar-refractivity contribution in [2.75, 3.05) is 13.1 Å². The molecule has 0 bridgehead atoms. The van der Waals surface area contributed by atoms with Crippen LogP contribution in [0.15, 0.2) is 84.9 Å². The quantitative estimate of drug-likeness (QED) is 0.178. The van der Waals surface area contributed by atoms with Gasteiger partial charge in [-0.25, -0.2) is 14.2 Å². The number of aliphatic hydroxyl groups excluding tert-OH is 1. The first-order valence-electron chi connectivity index (χ1n) is 16.7. The number of carbonyl (C=O) groups is 2. The Morgan fingerprint density at radius 2 is 1.56 bits per heavy atom. The number of carboxylic acid groups (broad SMARTS) is 1. The predicted molar refractivity (Wildman–Crippen MR) is 182 cm³/mol. The Labute approximate surface area is 278 Å². The van der Waals surface area contributed by atoms with Crippen LogP contribution in [0.2, 0.25) is 0 Å². The molecule has 2 N–H and O–H groups in total. The molecule has 2 heterocycles. The van der Waals surface area contributed by atoms with E-state index in [9.17, 15) is 19.8 Å². The topological polar surface area (TPSA) is 105 Å². The third kappa shape index (κ3) is 6.42. The Morgan fingerprint density at radius 1 is 0.833 bits per heavy atom. The molecule has 5 aromatic rings. The van der Waals surface area contributed by atoms with E-state index in [0.29, 0.717) is 54.1 Å². The van der Waals surface area contributed by atoms with Gasteiger partial charge in [-0.2, -0.15) is 0 Å². The lowest BCUT2D eigenvalue weighted by molar-refractivity contribution is 0.0545. The van der Waals surface area contributed by atoms with E-state index in [2.05, 4.69) is 4.57 Å².